The van der Waals surface area contributed by atoms with Crippen LogP contribution >= 0.6 is 0 Å². The van der Waals surface area contributed by atoms with E-state index in [9.17, 15) is 9.90 Å². The fourth-order valence-electron chi connectivity index (χ4n) is 4.70. The highest BCUT2D eigenvalue weighted by Crippen LogP contribution is 2.23. The average Bonchev–Trinajstić information content (AvgIpc) is 3.18. The van der Waals surface area contributed by atoms with Crippen LogP contribution in [0.1, 0.15) is 129 Å². The first-order chi connectivity index (χ1) is 16.0. The van der Waals surface area contributed by atoms with Gasteiger partial charge in [0.1, 0.15) is 18.9 Å². The summed E-state index contributed by atoms with van der Waals surface area (Å²) in [5.41, 5.74) is 6.09. The van der Waals surface area contributed by atoms with Crippen molar-refractivity contribution in [1.29, 1.82) is 0 Å². The van der Waals surface area contributed by atoms with Crippen molar-refractivity contribution in [3.8, 4) is 0 Å². The van der Waals surface area contributed by atoms with E-state index >= 15 is 0 Å². The first kappa shape index (κ1) is 29.6. The number of quaternary nitrogens is 1. The Hall–Kier alpha value is -1.46. The summed E-state index contributed by atoms with van der Waals surface area (Å²) in [5, 5.41) is 11.2. The van der Waals surface area contributed by atoms with Gasteiger partial charge in [-0.15, -0.1) is 0 Å². The lowest BCUT2D eigenvalue weighted by Crippen LogP contribution is -2.60. The number of aliphatic carboxylic acids is 1. The molecule has 2 N–H and O–H groups in total. The lowest BCUT2D eigenvalue weighted by Gasteiger charge is -2.36. The van der Waals surface area contributed by atoms with Crippen molar-refractivity contribution in [3.63, 3.8) is 0 Å². The quantitative estimate of drug-likeness (QED) is 0.116. The molecule has 1 rings (SSSR count). The van der Waals surface area contributed by atoms with Crippen LogP contribution in [-0.4, -0.2) is 29.0 Å². The topological polar surface area (TPSA) is 78.5 Å². The first-order valence-electron chi connectivity index (χ1n) is 13.8. The van der Waals surface area contributed by atoms with Gasteiger partial charge in [-0.3, -0.25) is 5.73 Å². The second kappa shape index (κ2) is 18.9. The van der Waals surface area contributed by atoms with Crippen LogP contribution in [0, 0.1) is 0 Å². The van der Waals surface area contributed by atoms with Crippen LogP contribution in [0.3, 0.4) is 0 Å². The van der Waals surface area contributed by atoms with Gasteiger partial charge in [0.15, 0.2) is 0 Å². The zero-order chi connectivity index (χ0) is 24.2. The molecule has 5 nitrogen and oxygen atoms in total. The number of amidine groups is 1. The number of carbonyl (C=O) groups excluding carboxylic acids is 1. The van der Waals surface area contributed by atoms with Crippen LogP contribution in [0.5, 0.6) is 0 Å². The van der Waals surface area contributed by atoms with Crippen molar-refractivity contribution < 1.29 is 14.4 Å². The summed E-state index contributed by atoms with van der Waals surface area (Å²) in [6.45, 7) is 3.90. The van der Waals surface area contributed by atoms with Crippen LogP contribution in [0.2, 0.25) is 0 Å². The Morgan fingerprint density at radius 2 is 1.39 bits per heavy atom. The molecule has 1 heterocycles. The number of allylic oxidation sites excluding steroid dienone is 2. The number of unbranched alkanes of at least 4 members (excludes halogenated alkanes) is 15. The van der Waals surface area contributed by atoms with Crippen molar-refractivity contribution in [2.45, 2.75) is 136 Å². The number of hydrogen-bond acceptors (Lipinski definition) is 4. The van der Waals surface area contributed by atoms with Gasteiger partial charge in [-0.1, -0.05) is 103 Å². The van der Waals surface area contributed by atoms with Gasteiger partial charge in [-0.05, 0) is 25.7 Å². The van der Waals surface area contributed by atoms with Crippen molar-refractivity contribution in [2.75, 3.05) is 6.54 Å². The molecule has 0 saturated heterocycles. The predicted molar refractivity (Wildman–Crippen MR) is 138 cm³/mol. The van der Waals surface area contributed by atoms with Gasteiger partial charge in [0, 0.05) is 13.3 Å². The maximum atomic E-state index is 11.2. The Morgan fingerprint density at radius 1 is 0.909 bits per heavy atom. The SMILES string of the molecule is CC/C=C/CCCCCCCCCCCCCCCCCC1=NC=C[N+]1(CC(=O)[O-])C(C)N. The molecule has 0 bridgehead atoms. The van der Waals surface area contributed by atoms with E-state index in [4.69, 9.17) is 5.73 Å². The summed E-state index contributed by atoms with van der Waals surface area (Å²) in [5.74, 6) is -0.226. The molecular formula is C28H51N3O2. The summed E-state index contributed by atoms with van der Waals surface area (Å²) in [7, 11) is 0. The maximum absolute atomic E-state index is 11.2. The van der Waals surface area contributed by atoms with E-state index in [-0.39, 0.29) is 17.2 Å². The number of rotatable bonds is 22. The molecule has 0 amide bonds. The standard InChI is InChI=1S/C28H51N3O2/c1-3-4-5-6-7-8-9-10-11-12-13-14-15-16-17-18-19-20-21-22-27-30-23-24-31(27,26(2)29)25-28(32)33/h4-5,23-24,26H,3,6-22,25,29H2,1-2H3/b5-4+. The number of nitrogens with zero attached hydrogens (tertiary/aromatic N) is 2. The number of aliphatic imine (C=N–C) groups is 1. The van der Waals surface area contributed by atoms with Crippen molar-refractivity contribution in [3.05, 3.63) is 24.6 Å². The highest BCUT2D eigenvalue weighted by atomic mass is 16.4. The van der Waals surface area contributed by atoms with Gasteiger partial charge in [-0.25, -0.2) is 9.48 Å². The molecule has 5 heteroatoms. The monoisotopic (exact) mass is 461 g/mol. The third-order valence-corrected chi connectivity index (χ3v) is 6.83. The summed E-state index contributed by atoms with van der Waals surface area (Å²) >= 11 is 0. The second-order valence-corrected chi connectivity index (χ2v) is 9.77. The molecule has 0 radical (unpaired) electrons. The smallest absolute Gasteiger partial charge is 0.209 e. The van der Waals surface area contributed by atoms with Gasteiger partial charge in [0.05, 0.1) is 12.2 Å². The zero-order valence-corrected chi connectivity index (χ0v) is 21.6. The van der Waals surface area contributed by atoms with Gasteiger partial charge < -0.3 is 9.90 Å². The van der Waals surface area contributed by atoms with E-state index in [1.165, 1.54) is 96.3 Å². The minimum Gasteiger partial charge on any atom is -0.544 e. The summed E-state index contributed by atoms with van der Waals surface area (Å²) in [4.78, 5) is 15.6. The van der Waals surface area contributed by atoms with Crippen molar-refractivity contribution in [2.24, 2.45) is 10.7 Å². The maximum Gasteiger partial charge on any atom is 0.209 e. The molecule has 0 aromatic carbocycles. The Kier molecular flexibility index (Phi) is 16.9. The molecule has 0 aromatic heterocycles. The van der Waals surface area contributed by atoms with E-state index < -0.39 is 5.97 Å². The van der Waals surface area contributed by atoms with E-state index in [1.54, 1.807) is 12.4 Å². The molecule has 33 heavy (non-hydrogen) atoms. The van der Waals surface area contributed by atoms with Gasteiger partial charge >= 0.3 is 0 Å². The number of carbonyl (C=O) groups is 1. The van der Waals surface area contributed by atoms with Crippen LogP contribution in [-0.2, 0) is 4.79 Å². The highest BCUT2D eigenvalue weighted by molar-refractivity contribution is 5.81. The van der Waals surface area contributed by atoms with Crippen LogP contribution in [0.15, 0.2) is 29.5 Å². The average molecular weight is 462 g/mol. The Balaban J connectivity index is 1.91. The van der Waals surface area contributed by atoms with Gasteiger partial charge in [0.25, 0.3) is 0 Å². The third kappa shape index (κ3) is 13.1. The molecule has 0 spiro atoms. The van der Waals surface area contributed by atoms with Crippen LogP contribution in [0.25, 0.3) is 0 Å². The molecule has 0 fully saturated rings. The Labute approximate surface area is 203 Å². The largest absolute Gasteiger partial charge is 0.544 e. The number of carboxylic acid groups (broad SMARTS) is 1. The molecule has 0 aliphatic carbocycles. The van der Waals surface area contributed by atoms with E-state index in [2.05, 4.69) is 24.1 Å². The molecule has 1 aliphatic heterocycles. The highest BCUT2D eigenvalue weighted by Gasteiger charge is 2.38. The van der Waals surface area contributed by atoms with Crippen molar-refractivity contribution >= 4 is 11.8 Å². The predicted octanol–water partition coefficient (Wildman–Crippen LogP) is 6.34. The summed E-state index contributed by atoms with van der Waals surface area (Å²) < 4.78 is 0.110. The lowest BCUT2D eigenvalue weighted by molar-refractivity contribution is -0.808. The molecule has 0 saturated carbocycles. The minimum atomic E-state index is -1.09. The van der Waals surface area contributed by atoms with Gasteiger partial charge in [0.2, 0.25) is 5.84 Å². The molecule has 2 unspecified atom stereocenters. The number of nitrogens with two attached hydrogens (primary N) is 1. The fraction of sp³-hybridized carbons (Fsp3) is 0.786. The Bertz CT molecular complexity index is 598. The molecule has 1 aliphatic rings. The van der Waals surface area contributed by atoms with Gasteiger partial charge in [-0.2, -0.15) is 0 Å². The first-order valence-corrected chi connectivity index (χ1v) is 13.8. The minimum absolute atomic E-state index is 0.110. The van der Waals surface area contributed by atoms with E-state index in [1.807, 2.05) is 6.92 Å². The molecule has 2 atom stereocenters. The van der Waals surface area contributed by atoms with Crippen LogP contribution in [0.4, 0.5) is 0 Å². The third-order valence-electron chi connectivity index (χ3n) is 6.83. The Morgan fingerprint density at radius 3 is 1.85 bits per heavy atom. The molecule has 190 valence electrons. The summed E-state index contributed by atoms with van der Waals surface area (Å²) in [6.07, 6.45) is 31.0. The lowest BCUT2D eigenvalue weighted by atomic mass is 10.0. The van der Waals surface area contributed by atoms with Crippen molar-refractivity contribution in [1.82, 2.24) is 0 Å². The van der Waals surface area contributed by atoms with Crippen LogP contribution < -0.4 is 10.8 Å². The zero-order valence-electron chi connectivity index (χ0n) is 21.6. The summed E-state index contributed by atoms with van der Waals surface area (Å²) in [6, 6.07) is 0. The number of carboxylic acids is 1. The van der Waals surface area contributed by atoms with E-state index in [0.29, 0.717) is 0 Å². The molecule has 0 aromatic rings. The number of hydrogen-bond donors (Lipinski definition) is 1. The second-order valence-electron chi connectivity index (χ2n) is 9.77. The normalized spacial score (nSPS) is 18.8. The molecular weight excluding hydrogens is 410 g/mol. The van der Waals surface area contributed by atoms with E-state index in [0.717, 1.165) is 25.1 Å². The fourth-order valence-corrected chi connectivity index (χ4v) is 4.70.